The highest BCUT2D eigenvalue weighted by Crippen LogP contribution is 2.24. The third kappa shape index (κ3) is 1.86. The first-order valence-corrected chi connectivity index (χ1v) is 5.62. The molecule has 5 nitrogen and oxygen atoms in total. The van der Waals surface area contributed by atoms with Gasteiger partial charge < -0.3 is 10.3 Å². The van der Waals surface area contributed by atoms with E-state index in [2.05, 4.69) is 20.5 Å². The maximum Gasteiger partial charge on any atom is 0.221 e. The van der Waals surface area contributed by atoms with E-state index in [0.29, 0.717) is 0 Å². The predicted molar refractivity (Wildman–Crippen MR) is 70.2 cm³/mol. The Labute approximate surface area is 103 Å². The van der Waals surface area contributed by atoms with Gasteiger partial charge in [0, 0.05) is 29.7 Å². The number of nitrogens with zero attached hydrogens (tertiary/aromatic N) is 1. The van der Waals surface area contributed by atoms with E-state index in [1.54, 1.807) is 6.20 Å². The van der Waals surface area contributed by atoms with Crippen molar-refractivity contribution in [3.05, 3.63) is 36.5 Å². The molecule has 2 heterocycles. The van der Waals surface area contributed by atoms with Crippen molar-refractivity contribution in [3.8, 4) is 11.4 Å². The van der Waals surface area contributed by atoms with E-state index >= 15 is 0 Å². The van der Waals surface area contributed by atoms with Crippen molar-refractivity contribution in [1.82, 2.24) is 15.2 Å². The molecule has 90 valence electrons. The number of hydrogen-bond donors (Lipinski definition) is 3. The van der Waals surface area contributed by atoms with E-state index in [4.69, 9.17) is 0 Å². The number of aromatic amines is 2. The lowest BCUT2D eigenvalue weighted by Crippen LogP contribution is -2.05. The number of amides is 1. The molecule has 0 aliphatic carbocycles. The van der Waals surface area contributed by atoms with E-state index in [1.807, 2.05) is 30.3 Å². The van der Waals surface area contributed by atoms with Crippen molar-refractivity contribution in [2.24, 2.45) is 0 Å². The third-order valence-electron chi connectivity index (χ3n) is 2.73. The van der Waals surface area contributed by atoms with E-state index in [-0.39, 0.29) is 5.91 Å². The number of carbonyl (C=O) groups is 1. The quantitative estimate of drug-likeness (QED) is 0.644. The summed E-state index contributed by atoms with van der Waals surface area (Å²) < 4.78 is 0. The first-order chi connectivity index (χ1) is 8.72. The van der Waals surface area contributed by atoms with E-state index in [0.717, 1.165) is 28.0 Å². The summed E-state index contributed by atoms with van der Waals surface area (Å²) in [6.07, 6.45) is 1.71. The summed E-state index contributed by atoms with van der Waals surface area (Å²) >= 11 is 0. The summed E-state index contributed by atoms with van der Waals surface area (Å²) in [6.45, 7) is 1.50. The summed E-state index contributed by atoms with van der Waals surface area (Å²) in [7, 11) is 0. The number of aromatic nitrogens is 3. The molecule has 0 bridgehead atoms. The number of nitrogens with one attached hydrogen (secondary N) is 3. The smallest absolute Gasteiger partial charge is 0.221 e. The lowest BCUT2D eigenvalue weighted by Gasteiger charge is -2.00. The van der Waals surface area contributed by atoms with E-state index < -0.39 is 0 Å². The van der Waals surface area contributed by atoms with E-state index in [1.165, 1.54) is 6.92 Å². The molecule has 2 aromatic heterocycles. The minimum Gasteiger partial charge on any atom is -0.353 e. The largest absolute Gasteiger partial charge is 0.353 e. The maximum absolute atomic E-state index is 11.0. The van der Waals surface area contributed by atoms with Gasteiger partial charge in [0.25, 0.3) is 0 Å². The van der Waals surface area contributed by atoms with Gasteiger partial charge in [0.1, 0.15) is 0 Å². The van der Waals surface area contributed by atoms with Crippen molar-refractivity contribution in [3.63, 3.8) is 0 Å². The lowest BCUT2D eigenvalue weighted by atomic mass is 10.2. The van der Waals surface area contributed by atoms with Gasteiger partial charge in [-0.05, 0) is 30.3 Å². The zero-order valence-electron chi connectivity index (χ0n) is 9.82. The zero-order chi connectivity index (χ0) is 12.5. The summed E-state index contributed by atoms with van der Waals surface area (Å²) in [5.74, 6) is -0.0707. The van der Waals surface area contributed by atoms with Crippen LogP contribution in [0.2, 0.25) is 0 Å². The highest BCUT2D eigenvalue weighted by atomic mass is 16.1. The molecule has 1 aromatic carbocycles. The number of carbonyl (C=O) groups excluding carboxylic acids is 1. The lowest BCUT2D eigenvalue weighted by molar-refractivity contribution is -0.114. The van der Waals surface area contributed by atoms with E-state index in [9.17, 15) is 4.79 Å². The number of anilines is 1. The fourth-order valence-electron chi connectivity index (χ4n) is 1.96. The molecule has 0 atom stereocenters. The summed E-state index contributed by atoms with van der Waals surface area (Å²) in [6, 6.07) is 9.68. The van der Waals surface area contributed by atoms with Gasteiger partial charge in [0.2, 0.25) is 5.91 Å². The van der Waals surface area contributed by atoms with Gasteiger partial charge in [-0.2, -0.15) is 5.10 Å². The maximum atomic E-state index is 11.0. The number of benzene rings is 1. The van der Waals surface area contributed by atoms with Crippen LogP contribution in [0.15, 0.2) is 36.5 Å². The number of fused-ring (bicyclic) bond motifs is 1. The Morgan fingerprint density at radius 2 is 2.11 bits per heavy atom. The average molecular weight is 240 g/mol. The van der Waals surface area contributed by atoms with Gasteiger partial charge in [-0.3, -0.25) is 9.89 Å². The van der Waals surface area contributed by atoms with Crippen molar-refractivity contribution in [2.45, 2.75) is 6.92 Å². The van der Waals surface area contributed by atoms with Crippen molar-refractivity contribution < 1.29 is 4.79 Å². The van der Waals surface area contributed by atoms with Gasteiger partial charge >= 0.3 is 0 Å². The Balaban J connectivity index is 2.04. The Hall–Kier alpha value is -2.56. The van der Waals surface area contributed by atoms with Crippen molar-refractivity contribution in [2.75, 3.05) is 5.32 Å². The van der Waals surface area contributed by atoms with Crippen LogP contribution >= 0.6 is 0 Å². The molecule has 3 aromatic rings. The zero-order valence-corrected chi connectivity index (χ0v) is 9.82. The first-order valence-electron chi connectivity index (χ1n) is 5.62. The van der Waals surface area contributed by atoms with Crippen molar-refractivity contribution in [1.29, 1.82) is 0 Å². The molecule has 3 N–H and O–H groups in total. The second-order valence-electron chi connectivity index (χ2n) is 4.14. The third-order valence-corrected chi connectivity index (χ3v) is 2.73. The van der Waals surface area contributed by atoms with Crippen LogP contribution in [0.3, 0.4) is 0 Å². The molecule has 0 fully saturated rings. The molecule has 0 spiro atoms. The molecule has 0 aliphatic heterocycles. The fourth-order valence-corrected chi connectivity index (χ4v) is 1.96. The van der Waals surface area contributed by atoms with Gasteiger partial charge in [-0.25, -0.2) is 0 Å². The average Bonchev–Trinajstić information content (AvgIpc) is 2.95. The van der Waals surface area contributed by atoms with Gasteiger partial charge in [0.05, 0.1) is 11.4 Å². The second kappa shape index (κ2) is 4.03. The molecule has 3 rings (SSSR count). The standard InChI is InChI=1S/C13H12N4O/c1-8(18)15-10-2-3-11-9(6-10)7-13(16-11)12-4-5-14-17-12/h2-7,16H,1H3,(H,14,17)(H,15,18). The molecule has 1 amide bonds. The minimum atomic E-state index is -0.0707. The van der Waals surface area contributed by atoms with Crippen LogP contribution in [0.5, 0.6) is 0 Å². The molecular formula is C13H12N4O. The topological polar surface area (TPSA) is 73.6 Å². The van der Waals surface area contributed by atoms with Crippen LogP contribution in [0, 0.1) is 0 Å². The highest BCUT2D eigenvalue weighted by molar-refractivity contribution is 5.93. The first kappa shape index (κ1) is 10.6. The number of H-pyrrole nitrogens is 2. The molecule has 18 heavy (non-hydrogen) atoms. The van der Waals surface area contributed by atoms with Crippen LogP contribution in [0.25, 0.3) is 22.3 Å². The molecule has 0 saturated heterocycles. The summed E-state index contributed by atoms with van der Waals surface area (Å²) in [5, 5.41) is 10.6. The Morgan fingerprint density at radius 3 is 2.83 bits per heavy atom. The van der Waals surface area contributed by atoms with Crippen LogP contribution in [-0.4, -0.2) is 21.1 Å². The predicted octanol–water partition coefficient (Wildman–Crippen LogP) is 2.52. The Bertz CT molecular complexity index is 697. The summed E-state index contributed by atoms with van der Waals surface area (Å²) in [4.78, 5) is 14.3. The monoisotopic (exact) mass is 240 g/mol. The SMILES string of the molecule is CC(=O)Nc1ccc2[nH]c(-c3ccn[nH]3)cc2c1. The Kier molecular flexibility index (Phi) is 2.37. The molecule has 0 saturated carbocycles. The molecule has 0 unspecified atom stereocenters. The molecule has 5 heteroatoms. The highest BCUT2D eigenvalue weighted by Gasteiger charge is 2.05. The Morgan fingerprint density at radius 1 is 1.22 bits per heavy atom. The van der Waals surface area contributed by atoms with Gasteiger partial charge in [0.15, 0.2) is 0 Å². The fraction of sp³-hybridized carbons (Fsp3) is 0.0769. The number of rotatable bonds is 2. The second-order valence-corrected chi connectivity index (χ2v) is 4.14. The summed E-state index contributed by atoms with van der Waals surface area (Å²) in [5.41, 5.74) is 3.73. The molecular weight excluding hydrogens is 228 g/mol. The minimum absolute atomic E-state index is 0.0707. The van der Waals surface area contributed by atoms with Crippen LogP contribution in [0.4, 0.5) is 5.69 Å². The van der Waals surface area contributed by atoms with Crippen molar-refractivity contribution >= 4 is 22.5 Å². The van der Waals surface area contributed by atoms with Gasteiger partial charge in [-0.15, -0.1) is 0 Å². The molecule has 0 radical (unpaired) electrons. The number of hydrogen-bond acceptors (Lipinski definition) is 2. The van der Waals surface area contributed by atoms with Crippen LogP contribution in [-0.2, 0) is 4.79 Å². The molecule has 0 aliphatic rings. The van der Waals surface area contributed by atoms with Gasteiger partial charge in [-0.1, -0.05) is 0 Å². The van der Waals surface area contributed by atoms with Crippen LogP contribution < -0.4 is 5.32 Å². The van der Waals surface area contributed by atoms with Crippen LogP contribution in [0.1, 0.15) is 6.92 Å². The normalized spacial score (nSPS) is 10.7.